The van der Waals surface area contributed by atoms with Crippen LogP contribution in [0.4, 0.5) is 69.3 Å². The van der Waals surface area contributed by atoms with E-state index in [0.717, 1.165) is 152 Å². The molecule has 5 amide bonds. The number of nitrogens with zero attached hydrogens (tertiary/aromatic N) is 7. The van der Waals surface area contributed by atoms with Crippen LogP contribution in [0.25, 0.3) is 95.3 Å². The van der Waals surface area contributed by atoms with Crippen LogP contribution in [0.5, 0.6) is 0 Å². The van der Waals surface area contributed by atoms with Gasteiger partial charge in [-0.15, -0.1) is 0 Å². The van der Waals surface area contributed by atoms with E-state index >= 15 is 0 Å². The van der Waals surface area contributed by atoms with E-state index in [1.165, 1.54) is 11.1 Å². The average Bonchev–Trinajstić information content (AvgIpc) is 1.06. The number of nitrogen functional groups attached to an aromatic ring is 5. The summed E-state index contributed by atoms with van der Waals surface area (Å²) in [6, 6.07) is 45.2. The molecule has 6 aromatic carbocycles. The highest BCUT2D eigenvalue weighted by atomic mass is 32.1. The molecule has 25 nitrogen and oxygen atoms in total. The van der Waals surface area contributed by atoms with E-state index in [0.29, 0.717) is 94.5 Å². The summed E-state index contributed by atoms with van der Waals surface area (Å²) in [4.78, 5) is 88.9. The van der Waals surface area contributed by atoms with E-state index in [9.17, 15) is 41.5 Å². The van der Waals surface area contributed by atoms with E-state index in [2.05, 4.69) is 142 Å². The van der Waals surface area contributed by atoms with Crippen molar-refractivity contribution in [3.8, 4) is 39.4 Å². The van der Waals surface area contributed by atoms with E-state index < -0.39 is 48.4 Å². The SMILES string of the molecule is C=C1CC(c2cc(N)c3cnc(NC(=O)[C@@H]4C[C@@H]4F)cc3c2)CN1.C=c1ccc(=c2cc(N)c3c(c2)C=C(NC(=O)[C@@H]2C[C@@H]2F)NC=3)c(C)n1.CCc1cc(CC)c(-c2cc(N)c3cnc(NC(=O)[C@@H]4C[C@@H]4F)cc3c2)cn1.Cc1[nH]ccc1-c1cc(N)c2cnc(NC(=O)[C@@H]3C[C@@H]3F)cc2c1.Cc1ccccc1-c1cc(N)c2cnc(NC(=O)[C@H]3C[C@@H]3C#N)cc2c1.S.S. The third-order valence-electron chi connectivity index (χ3n) is 24.0. The average molecular weight is 1790 g/mol. The van der Waals surface area contributed by atoms with Crippen LogP contribution in [-0.4, -0.2) is 95.7 Å². The smallest absolute Gasteiger partial charge is 0.231 e. The van der Waals surface area contributed by atoms with Gasteiger partial charge in [-0.3, -0.25) is 33.9 Å². The van der Waals surface area contributed by atoms with E-state index in [-0.39, 0.29) is 74.8 Å². The Balaban J connectivity index is 0.000000131. The number of benzene rings is 6. The van der Waals surface area contributed by atoms with Gasteiger partial charge < -0.3 is 70.9 Å². The number of amides is 5. The van der Waals surface area contributed by atoms with Crippen molar-refractivity contribution in [3.63, 3.8) is 0 Å². The Hall–Kier alpha value is -14.4. The molecule has 31 heteroatoms. The quantitative estimate of drug-likeness (QED) is 0.0316. The van der Waals surface area contributed by atoms with Gasteiger partial charge in [-0.1, -0.05) is 63.4 Å². The monoisotopic (exact) mass is 1790 g/mol. The maximum atomic E-state index is 13.1. The molecule has 130 heavy (non-hydrogen) atoms. The topological polar surface area (TPSA) is 417 Å². The summed E-state index contributed by atoms with van der Waals surface area (Å²) in [6.45, 7) is 18.8. The van der Waals surface area contributed by atoms with Gasteiger partial charge in [-0.2, -0.15) is 32.3 Å². The molecule has 0 radical (unpaired) electrons. The minimum Gasteiger partial charge on any atom is -0.398 e. The lowest BCUT2D eigenvalue weighted by Gasteiger charge is -2.15. The number of aromatic nitrogens is 7. The number of hydrogen-bond acceptors (Lipinski definition) is 19. The van der Waals surface area contributed by atoms with Gasteiger partial charge in [-0.25, -0.2) is 37.5 Å². The number of alkyl halides is 4. The summed E-state index contributed by atoms with van der Waals surface area (Å²) in [6.07, 6.45) is 14.3. The predicted octanol–water partition coefficient (Wildman–Crippen LogP) is 15.3. The summed E-state index contributed by atoms with van der Waals surface area (Å²) < 4.78 is 52.1. The second kappa shape index (κ2) is 38.7. The molecule has 0 spiro atoms. The van der Waals surface area contributed by atoms with Crippen LogP contribution >= 0.6 is 27.0 Å². The number of halogens is 4. The Morgan fingerprint density at radius 1 is 0.508 bits per heavy atom. The molecule has 1 saturated heterocycles. The number of aryl methyl sites for hydroxylation is 5. The van der Waals surface area contributed by atoms with Crippen molar-refractivity contribution >= 4 is 170 Å². The highest BCUT2D eigenvalue weighted by Crippen LogP contribution is 2.43. The third-order valence-corrected chi connectivity index (χ3v) is 24.0. The first kappa shape index (κ1) is 91.8. The molecular weight excluding hydrogens is 1690 g/mol. The maximum absolute atomic E-state index is 13.1. The molecule has 18 N–H and O–H groups in total. The number of nitriles is 1. The van der Waals surface area contributed by atoms with Gasteiger partial charge in [0.2, 0.25) is 29.5 Å². The molecule has 7 aliphatic rings. The molecular formula is C99H100F4N20O5S2. The van der Waals surface area contributed by atoms with Gasteiger partial charge >= 0.3 is 0 Å². The van der Waals surface area contributed by atoms with Crippen molar-refractivity contribution in [2.45, 2.75) is 117 Å². The number of pyridine rings is 6. The fourth-order valence-electron chi connectivity index (χ4n) is 16.0. The molecule has 1 unspecified atom stereocenters. The van der Waals surface area contributed by atoms with Gasteiger partial charge in [0.25, 0.3) is 0 Å². The number of nitrogens with two attached hydrogens (primary N) is 5. The number of nitrogens with one attached hydrogen (secondary N) is 8. The number of allylic oxidation sites excluding steroid dienone is 1. The third kappa shape index (κ3) is 20.9. The minimum absolute atomic E-state index is 0. The Kier molecular flexibility index (Phi) is 27.3. The first-order chi connectivity index (χ1) is 61.5. The molecule has 5 aliphatic carbocycles. The lowest BCUT2D eigenvalue weighted by Crippen LogP contribution is -2.34. The number of rotatable bonds is 16. The van der Waals surface area contributed by atoms with Gasteiger partial charge in [-0.05, 0) is 247 Å². The van der Waals surface area contributed by atoms with Crippen LogP contribution in [0.1, 0.15) is 97.6 Å². The zero-order chi connectivity index (χ0) is 90.2. The molecule has 2 aliphatic heterocycles. The molecule has 6 fully saturated rings. The zero-order valence-electron chi connectivity index (χ0n) is 72.0. The predicted molar refractivity (Wildman–Crippen MR) is 516 cm³/mol. The molecule has 5 saturated carbocycles. The van der Waals surface area contributed by atoms with Gasteiger partial charge in [0, 0.05) is 150 Å². The second-order valence-electron chi connectivity index (χ2n) is 33.5. The second-order valence-corrected chi connectivity index (χ2v) is 33.5. The number of H-pyrrole nitrogens is 1. The van der Waals surface area contributed by atoms with Crippen LogP contribution in [0, 0.1) is 78.0 Å². The number of anilines is 9. The molecule has 9 heterocycles. The van der Waals surface area contributed by atoms with Crippen molar-refractivity contribution in [3.05, 3.63) is 249 Å². The largest absolute Gasteiger partial charge is 0.398 e. The summed E-state index contributed by atoms with van der Waals surface area (Å²) in [5.41, 5.74) is 48.9. The summed E-state index contributed by atoms with van der Waals surface area (Å²) in [5.74, 6) is -1.37. The maximum Gasteiger partial charge on any atom is 0.231 e. The zero-order valence-corrected chi connectivity index (χ0v) is 74.0. The van der Waals surface area contributed by atoms with Crippen LogP contribution in [0.15, 0.2) is 189 Å². The normalized spacial score (nSPS) is 20.2. The number of fused-ring (bicyclic) bond motifs is 5. The van der Waals surface area contributed by atoms with Crippen LogP contribution < -0.4 is 76.5 Å². The number of carbonyl (C=O) groups is 5. The lowest BCUT2D eigenvalue weighted by molar-refractivity contribution is -0.122. The minimum atomic E-state index is -1.03. The van der Waals surface area contributed by atoms with Crippen molar-refractivity contribution in [1.29, 1.82) is 5.26 Å². The molecule has 0 bridgehead atoms. The number of hydrogen-bond donors (Lipinski definition) is 13. The molecule has 11 atom stereocenters. The Morgan fingerprint density at radius 3 is 1.42 bits per heavy atom. The van der Waals surface area contributed by atoms with Gasteiger partial charge in [0.15, 0.2) is 0 Å². The highest BCUT2D eigenvalue weighted by Gasteiger charge is 2.47. The number of aromatic amines is 1. The Labute approximate surface area is 760 Å². The van der Waals surface area contributed by atoms with E-state index in [1.807, 2.05) is 111 Å². The molecule has 20 rings (SSSR count). The molecule has 666 valence electrons. The molecule has 7 aromatic heterocycles. The standard InChI is InChI=1S/C22H23FN4O.C21H18N4O.C20H19FN4O.C18H19FN4O.C18H17FN4O.2H2S/c1-3-12-6-15(4-2)25-10-17(12)13-5-14-8-21(26-11-18(14)20(24)7-13)27-22(28)16-9-19(16)23;1-12-4-2-3-5-16(12)13-6-14-9-20(24-11-18(14)19(23)8-13)25-21(26)17-7-15(17)10-22;1-10-3-4-14(11(2)24-10)12-5-13-7-19(23-9-16(13)18(22)6-12)25-20(26)15-8-17(15)21;1-9-2-12(7-21-9)10-3-11-5-17(22-8-14(11)16(20)4-10)23-18(24)13-6-15(13)19;1-9-12(2-3-21-9)10-4-11-6-17(22-8-14(11)16(20)5-10)23-18(24)13-7-15(13)19;;/h5-8,10-11,16,19H,3-4,9,24H2,1-2H3,(H,26,27,28);2-6,8-9,11,15,17H,7,23H2,1H3,(H,24,25,26);3-7,9,15,17,23H,1,8,22H2,2H3,(H,25,26);3-5,8,12-13,15,21H,1-2,6-7,20H2,(H,22,23,24);2-6,8,13,15,21H,7,20H2,1H3,(H,22,23,24);2*1H2/t16-,19+;2*15-,17+;12?,13-,15+;13-,15+;;/m11111../s1. The van der Waals surface area contributed by atoms with Gasteiger partial charge in [0.1, 0.15) is 53.8 Å². The van der Waals surface area contributed by atoms with Gasteiger partial charge in [0.05, 0.1) is 46.9 Å². The summed E-state index contributed by atoms with van der Waals surface area (Å²) in [7, 11) is 0. The fraction of sp³-hybridized carbons (Fsp3) is 0.253. The van der Waals surface area contributed by atoms with E-state index in [4.69, 9.17) is 33.9 Å². The molecule has 13 aromatic rings. The summed E-state index contributed by atoms with van der Waals surface area (Å²) in [5, 5.41) is 39.1. The van der Waals surface area contributed by atoms with Crippen molar-refractivity contribution in [2.24, 2.45) is 35.5 Å². The van der Waals surface area contributed by atoms with Crippen LogP contribution in [-0.2, 0) is 36.8 Å². The first-order valence-corrected chi connectivity index (χ1v) is 42.4. The van der Waals surface area contributed by atoms with Crippen molar-refractivity contribution in [2.75, 3.05) is 56.5 Å². The first-order valence-electron chi connectivity index (χ1n) is 42.4. The van der Waals surface area contributed by atoms with Crippen molar-refractivity contribution < 1.29 is 41.5 Å². The van der Waals surface area contributed by atoms with Crippen LogP contribution in [0.2, 0.25) is 0 Å². The highest BCUT2D eigenvalue weighted by molar-refractivity contribution is 7.59. The number of carbonyl (C=O) groups excluding carboxylic acids is 5. The fourth-order valence-corrected chi connectivity index (χ4v) is 16.0. The lowest BCUT2D eigenvalue weighted by atomic mass is 9.94. The summed E-state index contributed by atoms with van der Waals surface area (Å²) >= 11 is 0. The van der Waals surface area contributed by atoms with Crippen LogP contribution in [0.3, 0.4) is 0 Å². The van der Waals surface area contributed by atoms with E-state index in [1.54, 1.807) is 55.3 Å². The van der Waals surface area contributed by atoms with Crippen molar-refractivity contribution in [1.82, 2.24) is 50.8 Å². The Bertz CT molecular complexity index is 7020. The Morgan fingerprint density at radius 2 is 0.977 bits per heavy atom.